The number of nitrogens with one attached hydrogen (secondary N) is 2. The topological polar surface area (TPSA) is 84.2 Å². The number of nitrogens with two attached hydrogens (primary N) is 1. The van der Waals surface area contributed by atoms with Crippen LogP contribution in [0, 0.1) is 5.92 Å². The molecule has 0 saturated heterocycles. The van der Waals surface area contributed by atoms with E-state index in [9.17, 15) is 9.59 Å². The molecule has 128 valence electrons. The Bertz CT molecular complexity index is 589. The minimum absolute atomic E-state index is 0. The number of benzene rings is 1. The van der Waals surface area contributed by atoms with Crippen molar-refractivity contribution in [2.75, 3.05) is 11.9 Å². The van der Waals surface area contributed by atoms with E-state index in [1.807, 2.05) is 13.0 Å². The largest absolute Gasteiger partial charge is 0.346 e. The first kappa shape index (κ1) is 19.5. The quantitative estimate of drug-likeness (QED) is 0.770. The van der Waals surface area contributed by atoms with Crippen LogP contribution in [0.4, 0.5) is 5.69 Å². The third-order valence-electron chi connectivity index (χ3n) is 3.99. The highest BCUT2D eigenvalue weighted by molar-refractivity contribution is 5.98. The fourth-order valence-electron chi connectivity index (χ4n) is 2.96. The van der Waals surface area contributed by atoms with Crippen molar-refractivity contribution in [3.8, 4) is 0 Å². The Labute approximate surface area is 143 Å². The van der Waals surface area contributed by atoms with Crippen LogP contribution in [-0.4, -0.2) is 23.9 Å². The number of anilines is 1. The molecule has 0 fully saturated rings. The van der Waals surface area contributed by atoms with Crippen LogP contribution >= 0.6 is 12.4 Å². The number of carbonyl (C=O) groups is 2. The summed E-state index contributed by atoms with van der Waals surface area (Å²) in [6, 6.07) is 5.39. The summed E-state index contributed by atoms with van der Waals surface area (Å²) in [5.74, 6) is 0.359. The van der Waals surface area contributed by atoms with Crippen molar-refractivity contribution in [3.63, 3.8) is 0 Å². The molecule has 0 aromatic heterocycles. The Kier molecular flexibility index (Phi) is 6.59. The molecule has 2 amide bonds. The molecule has 1 heterocycles. The summed E-state index contributed by atoms with van der Waals surface area (Å²) in [5.41, 5.74) is 7.86. The Morgan fingerprint density at radius 2 is 2.09 bits per heavy atom. The van der Waals surface area contributed by atoms with Crippen molar-refractivity contribution < 1.29 is 9.59 Å². The molecule has 1 aromatic carbocycles. The molecule has 0 saturated carbocycles. The molecule has 0 aliphatic carbocycles. The summed E-state index contributed by atoms with van der Waals surface area (Å²) in [6.45, 7) is 6.60. The van der Waals surface area contributed by atoms with Gasteiger partial charge in [0, 0.05) is 29.8 Å². The number of halogens is 1. The van der Waals surface area contributed by atoms with Gasteiger partial charge in [-0.1, -0.05) is 13.8 Å². The van der Waals surface area contributed by atoms with Crippen LogP contribution < -0.4 is 16.4 Å². The second kappa shape index (κ2) is 7.79. The molecule has 6 heteroatoms. The number of fused-ring (bicyclic) bond motifs is 1. The lowest BCUT2D eigenvalue weighted by Gasteiger charge is -2.31. The number of rotatable bonds is 5. The van der Waals surface area contributed by atoms with E-state index in [4.69, 9.17) is 5.73 Å². The molecule has 23 heavy (non-hydrogen) atoms. The first-order valence-corrected chi connectivity index (χ1v) is 7.78. The van der Waals surface area contributed by atoms with Gasteiger partial charge in [0.25, 0.3) is 5.91 Å². The summed E-state index contributed by atoms with van der Waals surface area (Å²) in [5, 5.41) is 5.88. The highest BCUT2D eigenvalue weighted by atomic mass is 35.5. The van der Waals surface area contributed by atoms with Gasteiger partial charge in [0.2, 0.25) is 5.91 Å². The van der Waals surface area contributed by atoms with Crippen molar-refractivity contribution in [2.24, 2.45) is 11.7 Å². The van der Waals surface area contributed by atoms with Gasteiger partial charge in [0.05, 0.1) is 0 Å². The first-order valence-electron chi connectivity index (χ1n) is 7.78. The van der Waals surface area contributed by atoms with E-state index in [1.54, 1.807) is 12.1 Å². The lowest BCUT2D eigenvalue weighted by Crippen LogP contribution is -2.52. The lowest BCUT2D eigenvalue weighted by atomic mass is 9.90. The summed E-state index contributed by atoms with van der Waals surface area (Å²) >= 11 is 0. The van der Waals surface area contributed by atoms with E-state index in [1.165, 1.54) is 0 Å². The van der Waals surface area contributed by atoms with Gasteiger partial charge in [-0.05, 0) is 49.4 Å². The summed E-state index contributed by atoms with van der Waals surface area (Å²) in [6.07, 6.45) is 1.96. The fourth-order valence-corrected chi connectivity index (χ4v) is 2.96. The maximum absolute atomic E-state index is 12.5. The summed E-state index contributed by atoms with van der Waals surface area (Å²) < 4.78 is 0. The minimum atomic E-state index is -0.407. The van der Waals surface area contributed by atoms with E-state index < -0.39 is 5.54 Å². The van der Waals surface area contributed by atoms with Crippen molar-refractivity contribution in [2.45, 2.75) is 45.6 Å². The fraction of sp³-hybridized carbons (Fsp3) is 0.529. The van der Waals surface area contributed by atoms with E-state index in [-0.39, 0.29) is 24.2 Å². The average Bonchev–Trinajstić information content (AvgIpc) is 2.45. The predicted octanol–water partition coefficient (Wildman–Crippen LogP) is 2.49. The molecule has 4 N–H and O–H groups in total. The third kappa shape index (κ3) is 4.94. The van der Waals surface area contributed by atoms with Crippen molar-refractivity contribution >= 4 is 29.9 Å². The maximum Gasteiger partial charge on any atom is 0.251 e. The van der Waals surface area contributed by atoms with E-state index in [0.717, 1.165) is 17.7 Å². The summed E-state index contributed by atoms with van der Waals surface area (Å²) in [7, 11) is 0. The van der Waals surface area contributed by atoms with Gasteiger partial charge in [-0.15, -0.1) is 12.4 Å². The van der Waals surface area contributed by atoms with Gasteiger partial charge in [0.1, 0.15) is 0 Å². The molecule has 0 spiro atoms. The zero-order chi connectivity index (χ0) is 16.3. The van der Waals surface area contributed by atoms with E-state index in [2.05, 4.69) is 24.5 Å². The lowest BCUT2D eigenvalue weighted by molar-refractivity contribution is -0.116. The van der Waals surface area contributed by atoms with Crippen LogP contribution in [0.25, 0.3) is 0 Å². The molecule has 0 bridgehead atoms. The molecular weight excluding hydrogens is 314 g/mol. The molecule has 1 aliphatic rings. The standard InChI is InChI=1S/C17H25N3O2.ClH/c1-11(2)9-17(3,10-18)20-16(22)13-4-6-14-12(8-13)5-7-15(21)19-14;/h4,6,8,11H,5,7,9-10,18H2,1-3H3,(H,19,21)(H,20,22);1H. The monoisotopic (exact) mass is 339 g/mol. The second-order valence-corrected chi connectivity index (χ2v) is 6.74. The zero-order valence-electron chi connectivity index (χ0n) is 13.9. The van der Waals surface area contributed by atoms with Crippen molar-refractivity contribution in [1.29, 1.82) is 0 Å². The number of hydrogen-bond donors (Lipinski definition) is 3. The zero-order valence-corrected chi connectivity index (χ0v) is 14.8. The van der Waals surface area contributed by atoms with Gasteiger partial charge < -0.3 is 16.4 Å². The van der Waals surface area contributed by atoms with Crippen LogP contribution in [0.3, 0.4) is 0 Å². The third-order valence-corrected chi connectivity index (χ3v) is 3.99. The van der Waals surface area contributed by atoms with Crippen molar-refractivity contribution in [1.82, 2.24) is 5.32 Å². The Morgan fingerprint density at radius 1 is 1.39 bits per heavy atom. The minimum Gasteiger partial charge on any atom is -0.346 e. The highest BCUT2D eigenvalue weighted by Gasteiger charge is 2.27. The SMILES string of the molecule is CC(C)CC(C)(CN)NC(=O)c1ccc2c(c1)CCC(=O)N2.Cl. The van der Waals surface area contributed by atoms with Gasteiger partial charge in [-0.3, -0.25) is 9.59 Å². The van der Waals surface area contributed by atoms with Crippen LogP contribution in [0.2, 0.25) is 0 Å². The Hall–Kier alpha value is -1.59. The van der Waals surface area contributed by atoms with Crippen LogP contribution in [0.15, 0.2) is 18.2 Å². The van der Waals surface area contributed by atoms with Crippen molar-refractivity contribution in [3.05, 3.63) is 29.3 Å². The second-order valence-electron chi connectivity index (χ2n) is 6.74. The van der Waals surface area contributed by atoms with Crippen LogP contribution in [0.1, 0.15) is 49.5 Å². The number of hydrogen-bond acceptors (Lipinski definition) is 3. The van der Waals surface area contributed by atoms with Gasteiger partial charge >= 0.3 is 0 Å². The van der Waals surface area contributed by atoms with Gasteiger partial charge in [-0.2, -0.15) is 0 Å². The Morgan fingerprint density at radius 3 is 2.70 bits per heavy atom. The van der Waals surface area contributed by atoms with Crippen LogP contribution in [-0.2, 0) is 11.2 Å². The molecule has 1 aromatic rings. The van der Waals surface area contributed by atoms with Gasteiger partial charge in [0.15, 0.2) is 0 Å². The molecule has 5 nitrogen and oxygen atoms in total. The summed E-state index contributed by atoms with van der Waals surface area (Å²) in [4.78, 5) is 23.9. The molecule has 0 radical (unpaired) electrons. The maximum atomic E-state index is 12.5. The smallest absolute Gasteiger partial charge is 0.251 e. The molecule has 1 atom stereocenters. The van der Waals surface area contributed by atoms with E-state index in [0.29, 0.717) is 30.9 Å². The molecular formula is C17H26ClN3O2. The highest BCUT2D eigenvalue weighted by Crippen LogP contribution is 2.24. The van der Waals surface area contributed by atoms with E-state index >= 15 is 0 Å². The first-order chi connectivity index (χ1) is 10.3. The number of amides is 2. The molecule has 1 aliphatic heterocycles. The predicted molar refractivity (Wildman–Crippen MR) is 95.0 cm³/mol. The normalized spacial score (nSPS) is 16.0. The molecule has 1 unspecified atom stereocenters. The van der Waals surface area contributed by atoms with Crippen LogP contribution in [0.5, 0.6) is 0 Å². The Balaban J connectivity index is 0.00000264. The number of carbonyl (C=O) groups excluding carboxylic acids is 2. The molecule has 2 rings (SSSR count). The number of aryl methyl sites for hydroxylation is 1. The van der Waals surface area contributed by atoms with Gasteiger partial charge in [-0.25, -0.2) is 0 Å². The average molecular weight is 340 g/mol.